The summed E-state index contributed by atoms with van der Waals surface area (Å²) in [6, 6.07) is 11.9. The largest absolute Gasteiger partial charge is 0.477 e. The molecule has 20 heavy (non-hydrogen) atoms. The molecule has 0 radical (unpaired) electrons. The van der Waals surface area contributed by atoms with Crippen LogP contribution in [-0.2, 0) is 19.5 Å². The zero-order valence-electron chi connectivity index (χ0n) is 11.1. The Labute approximate surface area is 117 Å². The highest BCUT2D eigenvalue weighted by Crippen LogP contribution is 2.20. The molecule has 0 amide bonds. The van der Waals surface area contributed by atoms with Gasteiger partial charge in [-0.25, -0.2) is 9.78 Å². The van der Waals surface area contributed by atoms with E-state index in [0.29, 0.717) is 0 Å². The summed E-state index contributed by atoms with van der Waals surface area (Å²) in [5.74, 6) is -0.983. The van der Waals surface area contributed by atoms with Crippen molar-refractivity contribution in [1.29, 1.82) is 0 Å². The third-order valence-electron chi connectivity index (χ3n) is 3.66. The van der Waals surface area contributed by atoms with Gasteiger partial charge < -0.3 is 5.11 Å². The Bertz CT molecular complexity index is 623. The minimum Gasteiger partial charge on any atom is -0.477 e. The minimum absolute atomic E-state index is 0.0951. The van der Waals surface area contributed by atoms with Crippen LogP contribution in [0.4, 0.5) is 0 Å². The van der Waals surface area contributed by atoms with E-state index in [1.54, 1.807) is 12.3 Å². The zero-order chi connectivity index (χ0) is 13.9. The summed E-state index contributed by atoms with van der Waals surface area (Å²) >= 11 is 0. The van der Waals surface area contributed by atoms with Gasteiger partial charge in [-0.3, -0.25) is 4.90 Å². The number of carboxylic acid groups (broad SMARTS) is 1. The fraction of sp³-hybridized carbons (Fsp3) is 0.250. The molecule has 3 rings (SSSR count). The molecule has 0 unspecified atom stereocenters. The van der Waals surface area contributed by atoms with Crippen LogP contribution in [0, 0.1) is 0 Å². The van der Waals surface area contributed by atoms with E-state index >= 15 is 0 Å². The van der Waals surface area contributed by atoms with Gasteiger partial charge in [-0.2, -0.15) is 0 Å². The Hall–Kier alpha value is -2.20. The lowest BCUT2D eigenvalue weighted by molar-refractivity contribution is 0.0690. The quantitative estimate of drug-likeness (QED) is 0.928. The van der Waals surface area contributed by atoms with E-state index in [1.807, 2.05) is 6.07 Å². The Morgan fingerprint density at radius 2 is 2.00 bits per heavy atom. The van der Waals surface area contributed by atoms with Crippen molar-refractivity contribution < 1.29 is 9.90 Å². The summed E-state index contributed by atoms with van der Waals surface area (Å²) in [6.45, 7) is 2.77. The predicted octanol–water partition coefficient (Wildman–Crippen LogP) is 2.34. The number of aromatic carboxylic acids is 1. The van der Waals surface area contributed by atoms with Crippen molar-refractivity contribution in [2.45, 2.75) is 19.5 Å². The lowest BCUT2D eigenvalue weighted by atomic mass is 9.99. The molecule has 1 aliphatic heterocycles. The summed E-state index contributed by atoms with van der Waals surface area (Å²) in [5, 5.41) is 8.83. The number of aromatic nitrogens is 1. The molecule has 2 heterocycles. The Morgan fingerprint density at radius 1 is 1.20 bits per heavy atom. The second-order valence-corrected chi connectivity index (χ2v) is 5.09. The van der Waals surface area contributed by atoms with E-state index in [1.165, 1.54) is 11.1 Å². The first-order valence-corrected chi connectivity index (χ1v) is 6.70. The van der Waals surface area contributed by atoms with Gasteiger partial charge in [0, 0.05) is 25.8 Å². The summed E-state index contributed by atoms with van der Waals surface area (Å²) in [4.78, 5) is 17.1. The zero-order valence-corrected chi connectivity index (χ0v) is 11.1. The fourth-order valence-electron chi connectivity index (χ4n) is 2.59. The molecule has 1 aliphatic rings. The summed E-state index contributed by atoms with van der Waals surface area (Å²) < 4.78 is 0. The summed E-state index contributed by atoms with van der Waals surface area (Å²) in [5.41, 5.74) is 3.96. The van der Waals surface area contributed by atoms with Crippen LogP contribution < -0.4 is 0 Å². The van der Waals surface area contributed by atoms with E-state index < -0.39 is 5.97 Å². The molecule has 0 saturated carbocycles. The highest BCUT2D eigenvalue weighted by atomic mass is 16.4. The second-order valence-electron chi connectivity index (χ2n) is 5.09. The molecule has 1 N–H and O–H groups in total. The van der Waals surface area contributed by atoms with Crippen molar-refractivity contribution in [3.8, 4) is 0 Å². The molecule has 0 bridgehead atoms. The van der Waals surface area contributed by atoms with Crippen molar-refractivity contribution in [3.63, 3.8) is 0 Å². The first kappa shape index (κ1) is 12.8. The topological polar surface area (TPSA) is 53.4 Å². The smallest absolute Gasteiger partial charge is 0.354 e. The molecule has 4 heteroatoms. The Kier molecular flexibility index (Phi) is 3.48. The number of fused-ring (bicyclic) bond motifs is 1. The van der Waals surface area contributed by atoms with Crippen molar-refractivity contribution >= 4 is 5.97 Å². The lowest BCUT2D eigenvalue weighted by Gasteiger charge is -2.28. The number of hydrogen-bond acceptors (Lipinski definition) is 3. The second kappa shape index (κ2) is 5.43. The molecule has 0 fully saturated rings. The molecular weight excluding hydrogens is 252 g/mol. The van der Waals surface area contributed by atoms with E-state index in [9.17, 15) is 4.79 Å². The van der Waals surface area contributed by atoms with Crippen molar-refractivity contribution in [1.82, 2.24) is 9.88 Å². The maximum atomic E-state index is 10.8. The highest BCUT2D eigenvalue weighted by Gasteiger charge is 2.16. The van der Waals surface area contributed by atoms with Crippen molar-refractivity contribution in [2.24, 2.45) is 0 Å². The first-order chi connectivity index (χ1) is 9.72. The molecule has 1 aromatic heterocycles. The van der Waals surface area contributed by atoms with Crippen LogP contribution in [0.25, 0.3) is 0 Å². The Morgan fingerprint density at radius 3 is 2.70 bits per heavy atom. The molecule has 102 valence electrons. The molecule has 4 nitrogen and oxygen atoms in total. The van der Waals surface area contributed by atoms with E-state index in [0.717, 1.165) is 31.6 Å². The van der Waals surface area contributed by atoms with Gasteiger partial charge in [0.05, 0.1) is 0 Å². The molecule has 0 aliphatic carbocycles. The number of benzene rings is 1. The van der Waals surface area contributed by atoms with Crippen LogP contribution in [0.2, 0.25) is 0 Å². The maximum absolute atomic E-state index is 10.8. The molecule has 0 saturated heterocycles. The number of hydrogen-bond donors (Lipinski definition) is 1. The number of pyridine rings is 1. The van der Waals surface area contributed by atoms with Crippen LogP contribution in [0.3, 0.4) is 0 Å². The lowest BCUT2D eigenvalue weighted by Crippen LogP contribution is -2.30. The number of carboxylic acids is 1. The minimum atomic E-state index is -0.983. The molecule has 2 aromatic rings. The number of nitrogens with zero attached hydrogens (tertiary/aromatic N) is 2. The average molecular weight is 268 g/mol. The van der Waals surface area contributed by atoms with Gasteiger partial charge in [-0.05, 0) is 29.2 Å². The normalized spacial score (nSPS) is 14.8. The summed E-state index contributed by atoms with van der Waals surface area (Å²) in [7, 11) is 0. The Balaban J connectivity index is 1.69. The molecule has 1 aromatic carbocycles. The first-order valence-electron chi connectivity index (χ1n) is 6.70. The van der Waals surface area contributed by atoms with Crippen LogP contribution in [0.15, 0.2) is 42.6 Å². The van der Waals surface area contributed by atoms with E-state index in [2.05, 4.69) is 34.1 Å². The monoisotopic (exact) mass is 268 g/mol. The van der Waals surface area contributed by atoms with Gasteiger partial charge in [-0.15, -0.1) is 0 Å². The van der Waals surface area contributed by atoms with E-state index in [4.69, 9.17) is 5.11 Å². The van der Waals surface area contributed by atoms with Gasteiger partial charge in [0.15, 0.2) is 0 Å². The third-order valence-corrected chi connectivity index (χ3v) is 3.66. The SMILES string of the molecule is O=C(O)c1ccc(CN2CCc3ccccc3C2)cn1. The van der Waals surface area contributed by atoms with Crippen LogP contribution in [-0.4, -0.2) is 27.5 Å². The van der Waals surface area contributed by atoms with E-state index in [-0.39, 0.29) is 5.69 Å². The molecular formula is C16H16N2O2. The van der Waals surface area contributed by atoms with Gasteiger partial charge in [0.2, 0.25) is 0 Å². The molecule has 0 spiro atoms. The van der Waals surface area contributed by atoms with Crippen molar-refractivity contribution in [2.75, 3.05) is 6.54 Å². The highest BCUT2D eigenvalue weighted by molar-refractivity contribution is 5.85. The van der Waals surface area contributed by atoms with Crippen LogP contribution >= 0.6 is 0 Å². The average Bonchev–Trinajstić information content (AvgIpc) is 2.48. The van der Waals surface area contributed by atoms with Crippen LogP contribution in [0.1, 0.15) is 27.2 Å². The summed E-state index contributed by atoms with van der Waals surface area (Å²) in [6.07, 6.45) is 2.72. The predicted molar refractivity (Wildman–Crippen MR) is 75.5 cm³/mol. The van der Waals surface area contributed by atoms with Gasteiger partial charge in [0.25, 0.3) is 0 Å². The van der Waals surface area contributed by atoms with Crippen LogP contribution in [0.5, 0.6) is 0 Å². The van der Waals surface area contributed by atoms with Gasteiger partial charge in [-0.1, -0.05) is 30.3 Å². The standard InChI is InChI=1S/C16H16N2O2/c19-16(20)15-6-5-12(9-17-15)10-18-8-7-13-3-1-2-4-14(13)11-18/h1-6,9H,7-8,10-11H2,(H,19,20). The maximum Gasteiger partial charge on any atom is 0.354 e. The number of carbonyl (C=O) groups is 1. The van der Waals surface area contributed by atoms with Gasteiger partial charge in [0.1, 0.15) is 5.69 Å². The molecule has 0 atom stereocenters. The van der Waals surface area contributed by atoms with Crippen molar-refractivity contribution in [3.05, 3.63) is 65.0 Å². The third kappa shape index (κ3) is 2.70. The van der Waals surface area contributed by atoms with Gasteiger partial charge >= 0.3 is 5.97 Å². The number of rotatable bonds is 3. The fourth-order valence-corrected chi connectivity index (χ4v) is 2.59.